The Morgan fingerprint density at radius 3 is 2.64 bits per heavy atom. The fourth-order valence-corrected chi connectivity index (χ4v) is 1.68. The number of carbonyl (C=O) groups is 2. The van der Waals surface area contributed by atoms with Crippen LogP contribution in [0.3, 0.4) is 0 Å². The molecule has 0 bridgehead atoms. The van der Waals surface area contributed by atoms with Crippen molar-refractivity contribution in [3.05, 3.63) is 42.4 Å². The Labute approximate surface area is 126 Å². The van der Waals surface area contributed by atoms with Crippen LogP contribution in [0.2, 0.25) is 0 Å². The molecule has 1 aromatic carbocycles. The van der Waals surface area contributed by atoms with E-state index in [1.54, 1.807) is 18.2 Å². The van der Waals surface area contributed by atoms with Crippen LogP contribution in [-0.4, -0.2) is 32.7 Å². The van der Waals surface area contributed by atoms with Gasteiger partial charge >= 0.3 is 5.97 Å². The van der Waals surface area contributed by atoms with Gasteiger partial charge in [0, 0.05) is 6.07 Å². The predicted molar refractivity (Wildman–Crippen MR) is 77.2 cm³/mol. The van der Waals surface area contributed by atoms with Gasteiger partial charge in [0.05, 0.1) is 31.7 Å². The highest BCUT2D eigenvalue weighted by molar-refractivity contribution is 5.96. The zero-order valence-electron chi connectivity index (χ0n) is 12.1. The third-order valence-corrected chi connectivity index (χ3v) is 2.77. The summed E-state index contributed by atoms with van der Waals surface area (Å²) in [6, 6.07) is 6.39. The van der Waals surface area contributed by atoms with Crippen LogP contribution in [0.25, 0.3) is 0 Å². The van der Waals surface area contributed by atoms with Crippen LogP contribution in [0.4, 0.5) is 5.69 Å². The van der Waals surface area contributed by atoms with Gasteiger partial charge < -0.3 is 23.9 Å². The standard InChI is InChI=1S/C15H15NO6/c1-19-11-3-4-12(13(7-11)20-2)16-14(17)9-22-15(18)10-5-6-21-8-10/h3-8H,9H2,1-2H3,(H,16,17). The lowest BCUT2D eigenvalue weighted by molar-refractivity contribution is -0.119. The second-order valence-electron chi connectivity index (χ2n) is 4.20. The molecule has 0 saturated carbocycles. The summed E-state index contributed by atoms with van der Waals surface area (Å²) in [6.45, 7) is -0.417. The summed E-state index contributed by atoms with van der Waals surface area (Å²) in [4.78, 5) is 23.4. The SMILES string of the molecule is COc1ccc(NC(=O)COC(=O)c2ccoc2)c(OC)c1. The van der Waals surface area contributed by atoms with E-state index in [0.29, 0.717) is 17.2 Å². The van der Waals surface area contributed by atoms with E-state index in [9.17, 15) is 9.59 Å². The van der Waals surface area contributed by atoms with Gasteiger partial charge in [0.15, 0.2) is 6.61 Å². The van der Waals surface area contributed by atoms with Gasteiger partial charge in [0.2, 0.25) is 0 Å². The second kappa shape index (κ2) is 7.16. The zero-order chi connectivity index (χ0) is 15.9. The Bertz CT molecular complexity index is 650. The highest BCUT2D eigenvalue weighted by Crippen LogP contribution is 2.28. The summed E-state index contributed by atoms with van der Waals surface area (Å²) in [7, 11) is 3.01. The van der Waals surface area contributed by atoms with Crippen LogP contribution in [0.15, 0.2) is 41.2 Å². The molecular weight excluding hydrogens is 290 g/mol. The Kier molecular flexibility index (Phi) is 5.02. The van der Waals surface area contributed by atoms with E-state index in [1.807, 2.05) is 0 Å². The first-order chi connectivity index (χ1) is 10.6. The normalized spacial score (nSPS) is 9.91. The fourth-order valence-electron chi connectivity index (χ4n) is 1.68. The molecule has 0 aliphatic heterocycles. The molecule has 1 heterocycles. The van der Waals surface area contributed by atoms with E-state index in [0.717, 1.165) is 0 Å². The molecule has 2 aromatic rings. The Morgan fingerprint density at radius 1 is 1.18 bits per heavy atom. The van der Waals surface area contributed by atoms with Crippen molar-refractivity contribution in [2.45, 2.75) is 0 Å². The molecule has 1 aromatic heterocycles. The number of benzene rings is 1. The molecule has 22 heavy (non-hydrogen) atoms. The van der Waals surface area contributed by atoms with Gasteiger partial charge in [-0.05, 0) is 18.2 Å². The van der Waals surface area contributed by atoms with Crippen LogP contribution in [0.1, 0.15) is 10.4 Å². The smallest absolute Gasteiger partial charge is 0.341 e. The van der Waals surface area contributed by atoms with Crippen molar-refractivity contribution in [3.63, 3.8) is 0 Å². The maximum Gasteiger partial charge on any atom is 0.341 e. The van der Waals surface area contributed by atoms with Gasteiger partial charge in [0.1, 0.15) is 17.8 Å². The highest BCUT2D eigenvalue weighted by atomic mass is 16.5. The monoisotopic (exact) mass is 305 g/mol. The molecular formula is C15H15NO6. The Balaban J connectivity index is 1.93. The summed E-state index contributed by atoms with van der Waals surface area (Å²) < 4.78 is 19.8. The van der Waals surface area contributed by atoms with E-state index in [4.69, 9.17) is 18.6 Å². The van der Waals surface area contributed by atoms with Gasteiger partial charge in [-0.1, -0.05) is 0 Å². The molecule has 1 N–H and O–H groups in total. The number of hydrogen-bond acceptors (Lipinski definition) is 6. The maximum atomic E-state index is 11.8. The molecule has 116 valence electrons. The third-order valence-electron chi connectivity index (χ3n) is 2.77. The van der Waals surface area contributed by atoms with Crippen LogP contribution < -0.4 is 14.8 Å². The molecule has 7 heteroatoms. The van der Waals surface area contributed by atoms with E-state index in [-0.39, 0.29) is 5.56 Å². The van der Waals surface area contributed by atoms with E-state index in [2.05, 4.69) is 5.32 Å². The van der Waals surface area contributed by atoms with E-state index in [1.165, 1.54) is 32.8 Å². The van der Waals surface area contributed by atoms with E-state index < -0.39 is 18.5 Å². The summed E-state index contributed by atoms with van der Waals surface area (Å²) >= 11 is 0. The fraction of sp³-hybridized carbons (Fsp3) is 0.200. The topological polar surface area (TPSA) is 87.0 Å². The lowest BCUT2D eigenvalue weighted by atomic mass is 10.2. The number of hydrogen-bond donors (Lipinski definition) is 1. The number of rotatable bonds is 6. The molecule has 2 rings (SSSR count). The summed E-state index contributed by atoms with van der Waals surface area (Å²) in [5.41, 5.74) is 0.697. The number of furan rings is 1. The van der Waals surface area contributed by atoms with Crippen molar-refractivity contribution in [3.8, 4) is 11.5 Å². The van der Waals surface area contributed by atoms with Gasteiger partial charge in [-0.3, -0.25) is 4.79 Å². The number of anilines is 1. The number of nitrogens with one attached hydrogen (secondary N) is 1. The van der Waals surface area contributed by atoms with Crippen LogP contribution in [0.5, 0.6) is 11.5 Å². The quantitative estimate of drug-likeness (QED) is 0.822. The van der Waals surface area contributed by atoms with Crippen molar-refractivity contribution >= 4 is 17.6 Å². The van der Waals surface area contributed by atoms with Crippen molar-refractivity contribution in [2.24, 2.45) is 0 Å². The minimum absolute atomic E-state index is 0.245. The molecule has 0 saturated heterocycles. The number of amides is 1. The number of ether oxygens (including phenoxy) is 3. The molecule has 0 atom stereocenters. The molecule has 7 nitrogen and oxygen atoms in total. The van der Waals surface area contributed by atoms with Gasteiger partial charge in [-0.25, -0.2) is 4.79 Å². The number of carbonyl (C=O) groups excluding carboxylic acids is 2. The Hall–Kier alpha value is -2.96. The first-order valence-corrected chi connectivity index (χ1v) is 6.35. The van der Waals surface area contributed by atoms with Crippen LogP contribution in [0, 0.1) is 0 Å². The average Bonchev–Trinajstić information content (AvgIpc) is 3.07. The summed E-state index contributed by atoms with van der Waals surface area (Å²) in [5.74, 6) is -0.0824. The lowest BCUT2D eigenvalue weighted by Crippen LogP contribution is -2.21. The first-order valence-electron chi connectivity index (χ1n) is 6.35. The average molecular weight is 305 g/mol. The minimum atomic E-state index is -0.634. The van der Waals surface area contributed by atoms with Crippen molar-refractivity contribution in [1.82, 2.24) is 0 Å². The summed E-state index contributed by atoms with van der Waals surface area (Å²) in [6.07, 6.45) is 2.59. The lowest BCUT2D eigenvalue weighted by Gasteiger charge is -2.11. The molecule has 0 unspecified atom stereocenters. The molecule has 1 amide bonds. The third kappa shape index (κ3) is 3.78. The molecule has 0 radical (unpaired) electrons. The molecule has 0 fully saturated rings. The zero-order valence-corrected chi connectivity index (χ0v) is 12.1. The van der Waals surface area contributed by atoms with Crippen molar-refractivity contribution < 1.29 is 28.2 Å². The van der Waals surface area contributed by atoms with Crippen LogP contribution in [-0.2, 0) is 9.53 Å². The largest absolute Gasteiger partial charge is 0.497 e. The number of methoxy groups -OCH3 is 2. The maximum absolute atomic E-state index is 11.8. The predicted octanol–water partition coefficient (Wildman–Crippen LogP) is 2.09. The van der Waals surface area contributed by atoms with Gasteiger partial charge in [-0.2, -0.15) is 0 Å². The first kappa shape index (κ1) is 15.4. The van der Waals surface area contributed by atoms with Crippen molar-refractivity contribution in [2.75, 3.05) is 26.1 Å². The van der Waals surface area contributed by atoms with Crippen LogP contribution >= 0.6 is 0 Å². The van der Waals surface area contributed by atoms with Gasteiger partial charge in [0.25, 0.3) is 5.91 Å². The second-order valence-corrected chi connectivity index (χ2v) is 4.20. The molecule has 0 aliphatic carbocycles. The summed E-state index contributed by atoms with van der Waals surface area (Å²) in [5, 5.41) is 2.59. The number of esters is 1. The van der Waals surface area contributed by atoms with Crippen molar-refractivity contribution in [1.29, 1.82) is 0 Å². The highest BCUT2D eigenvalue weighted by Gasteiger charge is 2.13. The van der Waals surface area contributed by atoms with E-state index >= 15 is 0 Å². The Morgan fingerprint density at radius 2 is 2.00 bits per heavy atom. The molecule has 0 spiro atoms. The minimum Gasteiger partial charge on any atom is -0.497 e. The molecule has 0 aliphatic rings. The van der Waals surface area contributed by atoms with Gasteiger partial charge in [-0.15, -0.1) is 0 Å².